The Kier molecular flexibility index (Phi) is 11.7. The van der Waals surface area contributed by atoms with Gasteiger partial charge in [-0.1, -0.05) is 30.3 Å². The summed E-state index contributed by atoms with van der Waals surface area (Å²) in [5.74, 6) is -8.95. The standard InChI is InChI=1S/C32H39BF2N4O10/c1-30(2,38-13-11-32(34,35)20-38)15-22(18-36)27(43)39-12-7-6-10-23(39)19-47-29(46)37-24(14-21-8-4-3-5-9-21)33-48-26(42)17-31(49-33,28(44)45)16-25(40)41/h3-5,8-9,15,23-24H,6-7,10-14,16-17,19-20H2,1-2H3,(H,37,46)(H,40,41)(H,44,45)/b22-15+/t23-,24+,31?/m1/s1. The predicted molar refractivity (Wildman–Crippen MR) is 167 cm³/mol. The number of halogens is 2. The highest BCUT2D eigenvalue weighted by molar-refractivity contribution is 6.50. The van der Waals surface area contributed by atoms with E-state index < -0.39 is 85.5 Å². The number of rotatable bonds is 12. The number of piperidine rings is 1. The normalized spacial score (nSPS) is 23.6. The number of carboxylic acid groups (broad SMARTS) is 2. The van der Waals surface area contributed by atoms with Crippen molar-refractivity contribution in [3.8, 4) is 6.07 Å². The maximum atomic E-state index is 13.9. The van der Waals surface area contributed by atoms with Crippen molar-refractivity contribution in [1.82, 2.24) is 15.1 Å². The van der Waals surface area contributed by atoms with Gasteiger partial charge in [0.25, 0.3) is 17.8 Å². The van der Waals surface area contributed by atoms with Gasteiger partial charge in [-0.3, -0.25) is 19.3 Å². The minimum Gasteiger partial charge on any atom is -0.508 e. The molecule has 17 heteroatoms. The zero-order valence-electron chi connectivity index (χ0n) is 27.2. The smallest absolute Gasteiger partial charge is 0.508 e. The van der Waals surface area contributed by atoms with Crippen LogP contribution < -0.4 is 5.32 Å². The number of likely N-dealkylation sites (tertiary alicyclic amines) is 2. The number of nitrogens with zero attached hydrogens (tertiary/aromatic N) is 3. The number of hydrogen-bond donors (Lipinski definition) is 3. The highest BCUT2D eigenvalue weighted by atomic mass is 19.3. The second-order valence-corrected chi connectivity index (χ2v) is 13.1. The van der Waals surface area contributed by atoms with Gasteiger partial charge in [0.15, 0.2) is 5.60 Å². The van der Waals surface area contributed by atoms with Crippen LogP contribution in [0.4, 0.5) is 13.6 Å². The fourth-order valence-electron chi connectivity index (χ4n) is 6.27. The third kappa shape index (κ3) is 9.54. The molecule has 3 fully saturated rings. The minimum atomic E-state index is -2.86. The van der Waals surface area contributed by atoms with Crippen LogP contribution in [0.2, 0.25) is 0 Å². The largest absolute Gasteiger partial charge is 0.552 e. The molecule has 0 aliphatic carbocycles. The molecular weight excluding hydrogens is 649 g/mol. The number of ether oxygens (including phenoxy) is 1. The number of alkyl carbamates (subject to hydrolysis) is 1. The lowest BCUT2D eigenvalue weighted by molar-refractivity contribution is -0.175. The van der Waals surface area contributed by atoms with Crippen LogP contribution in [0.1, 0.15) is 57.9 Å². The van der Waals surface area contributed by atoms with Gasteiger partial charge in [-0.05, 0) is 51.2 Å². The summed E-state index contributed by atoms with van der Waals surface area (Å²) in [6, 6.07) is 9.85. The molecule has 2 amide bonds. The minimum absolute atomic E-state index is 0.0280. The molecule has 1 aromatic rings. The Labute approximate surface area is 282 Å². The molecule has 3 aliphatic heterocycles. The van der Waals surface area contributed by atoms with Crippen molar-refractivity contribution in [2.24, 2.45) is 0 Å². The van der Waals surface area contributed by atoms with Crippen LogP contribution in [0, 0.1) is 11.3 Å². The summed E-state index contributed by atoms with van der Waals surface area (Å²) >= 11 is 0. The molecule has 0 spiro atoms. The SMILES string of the molecule is CC(C)(/C=C(\C#N)C(=O)N1CCCC[C@@H]1COC(=O)N[C@@H](Cc1ccccc1)B1OC(=O)CC(CC(=O)O)(C(=O)O)O1)N1CCC(F)(F)C1. The highest BCUT2D eigenvalue weighted by Gasteiger charge is 2.55. The zero-order valence-corrected chi connectivity index (χ0v) is 27.2. The summed E-state index contributed by atoms with van der Waals surface area (Å²) in [6.07, 6.45) is -0.122. The molecule has 264 valence electrons. The highest BCUT2D eigenvalue weighted by Crippen LogP contribution is 2.33. The van der Waals surface area contributed by atoms with Crippen molar-refractivity contribution in [1.29, 1.82) is 5.26 Å². The van der Waals surface area contributed by atoms with E-state index in [9.17, 15) is 48.2 Å². The molecule has 0 aromatic heterocycles. The average Bonchev–Trinajstić information content (AvgIpc) is 3.42. The van der Waals surface area contributed by atoms with Gasteiger partial charge in [-0.2, -0.15) is 5.26 Å². The summed E-state index contributed by atoms with van der Waals surface area (Å²) in [7, 11) is -1.69. The van der Waals surface area contributed by atoms with Crippen LogP contribution in [-0.2, 0) is 39.6 Å². The lowest BCUT2D eigenvalue weighted by Gasteiger charge is -2.38. The van der Waals surface area contributed by atoms with Crippen molar-refractivity contribution in [2.45, 2.75) is 87.8 Å². The number of hydrogen-bond acceptors (Lipinski definition) is 10. The molecule has 0 saturated carbocycles. The molecule has 1 unspecified atom stereocenters. The summed E-state index contributed by atoms with van der Waals surface area (Å²) in [4.78, 5) is 65.8. The molecule has 3 aliphatic rings. The molecule has 49 heavy (non-hydrogen) atoms. The molecule has 3 heterocycles. The van der Waals surface area contributed by atoms with Crippen LogP contribution in [-0.4, -0.2) is 112 Å². The monoisotopic (exact) mass is 688 g/mol. The molecule has 3 saturated heterocycles. The van der Waals surface area contributed by atoms with Crippen molar-refractivity contribution < 1.29 is 57.0 Å². The van der Waals surface area contributed by atoms with Gasteiger partial charge in [0.05, 0.1) is 31.4 Å². The third-order valence-corrected chi connectivity index (χ3v) is 8.90. The number of nitrogens with one attached hydrogen (secondary N) is 1. The van der Waals surface area contributed by atoms with Crippen molar-refractivity contribution in [3.05, 3.63) is 47.5 Å². The second kappa shape index (κ2) is 15.3. The van der Waals surface area contributed by atoms with E-state index in [0.29, 0.717) is 24.8 Å². The second-order valence-electron chi connectivity index (χ2n) is 13.1. The lowest BCUT2D eigenvalue weighted by atomic mass is 9.71. The topological polar surface area (TPSA) is 196 Å². The molecule has 0 radical (unpaired) electrons. The van der Waals surface area contributed by atoms with Gasteiger partial charge in [0.1, 0.15) is 18.2 Å². The Balaban J connectivity index is 1.48. The van der Waals surface area contributed by atoms with Gasteiger partial charge in [-0.25, -0.2) is 18.4 Å². The van der Waals surface area contributed by atoms with E-state index in [1.165, 1.54) is 15.9 Å². The Hall–Kier alpha value is -4.56. The molecule has 0 bridgehead atoms. The van der Waals surface area contributed by atoms with Gasteiger partial charge >= 0.3 is 25.2 Å². The first-order valence-electron chi connectivity index (χ1n) is 15.9. The van der Waals surface area contributed by atoms with E-state index in [0.717, 1.165) is 0 Å². The maximum absolute atomic E-state index is 13.9. The van der Waals surface area contributed by atoms with Crippen LogP contribution >= 0.6 is 0 Å². The lowest BCUT2D eigenvalue weighted by Crippen LogP contribution is -2.61. The van der Waals surface area contributed by atoms with Crippen molar-refractivity contribution in [3.63, 3.8) is 0 Å². The Morgan fingerprint density at radius 2 is 1.92 bits per heavy atom. The first kappa shape index (κ1) is 37.3. The van der Waals surface area contributed by atoms with E-state index in [1.807, 2.05) is 6.07 Å². The van der Waals surface area contributed by atoms with Gasteiger partial charge < -0.3 is 34.5 Å². The number of benzene rings is 1. The molecule has 3 N–H and O–H groups in total. The number of carbonyl (C=O) groups excluding carboxylic acids is 3. The van der Waals surface area contributed by atoms with Crippen molar-refractivity contribution >= 4 is 37.0 Å². The van der Waals surface area contributed by atoms with E-state index in [1.54, 1.807) is 44.2 Å². The van der Waals surface area contributed by atoms with Gasteiger partial charge in [0.2, 0.25) is 0 Å². The van der Waals surface area contributed by atoms with Crippen LogP contribution in [0.5, 0.6) is 0 Å². The maximum Gasteiger partial charge on any atom is 0.552 e. The fraction of sp³-hybridized carbons (Fsp3) is 0.562. The molecular formula is C32H39BF2N4O10. The van der Waals surface area contributed by atoms with E-state index >= 15 is 0 Å². The quantitative estimate of drug-likeness (QED) is 0.165. The number of carboxylic acids is 2. The summed E-state index contributed by atoms with van der Waals surface area (Å²) in [6.45, 7) is 2.89. The summed E-state index contributed by atoms with van der Waals surface area (Å²) in [5, 5.41) is 31.6. The molecule has 1 aromatic carbocycles. The van der Waals surface area contributed by atoms with Gasteiger partial charge in [0, 0.05) is 25.0 Å². The number of carbonyl (C=O) groups is 5. The first-order valence-corrected chi connectivity index (χ1v) is 15.9. The number of nitriles is 1. The molecule has 3 atom stereocenters. The molecule has 4 rings (SSSR count). The fourth-order valence-corrected chi connectivity index (χ4v) is 6.27. The zero-order chi connectivity index (χ0) is 36.0. The van der Waals surface area contributed by atoms with E-state index in [4.69, 9.17) is 14.0 Å². The number of amides is 2. The van der Waals surface area contributed by atoms with Crippen LogP contribution in [0.15, 0.2) is 42.0 Å². The number of alkyl halides is 2. The summed E-state index contributed by atoms with van der Waals surface area (Å²) in [5.41, 5.74) is -3.04. The third-order valence-electron chi connectivity index (χ3n) is 8.90. The van der Waals surface area contributed by atoms with E-state index in [-0.39, 0.29) is 38.1 Å². The van der Waals surface area contributed by atoms with Crippen LogP contribution in [0.25, 0.3) is 0 Å². The Bertz CT molecular complexity index is 1500. The average molecular weight is 688 g/mol. The Morgan fingerprint density at radius 1 is 1.20 bits per heavy atom. The van der Waals surface area contributed by atoms with E-state index in [2.05, 4.69) is 5.32 Å². The van der Waals surface area contributed by atoms with Crippen molar-refractivity contribution in [2.75, 3.05) is 26.2 Å². The predicted octanol–water partition coefficient (Wildman–Crippen LogP) is 2.56. The Morgan fingerprint density at radius 3 is 2.53 bits per heavy atom. The van der Waals surface area contributed by atoms with Gasteiger partial charge in [-0.15, -0.1) is 0 Å². The molecule has 14 nitrogen and oxygen atoms in total. The number of aliphatic carboxylic acids is 2. The summed E-state index contributed by atoms with van der Waals surface area (Å²) < 4.78 is 44.1. The first-order chi connectivity index (χ1) is 23.0. The van der Waals surface area contributed by atoms with Crippen LogP contribution in [0.3, 0.4) is 0 Å².